The van der Waals surface area contributed by atoms with Gasteiger partial charge in [-0.05, 0) is 43.9 Å². The number of rotatable bonds is 4. The van der Waals surface area contributed by atoms with Crippen LogP contribution in [0.3, 0.4) is 0 Å². The van der Waals surface area contributed by atoms with Gasteiger partial charge in [-0.3, -0.25) is 0 Å². The van der Waals surface area contributed by atoms with Gasteiger partial charge in [-0.2, -0.15) is 0 Å². The Balaban J connectivity index is 2.20. The Hall–Kier alpha value is -0.410. The number of thiazole rings is 1. The van der Waals surface area contributed by atoms with Gasteiger partial charge >= 0.3 is 0 Å². The second-order valence-corrected chi connectivity index (χ2v) is 6.63. The first-order chi connectivity index (χ1) is 8.61. The molecular weight excluding hydrogens is 242 g/mol. The van der Waals surface area contributed by atoms with Crippen molar-refractivity contribution in [1.29, 1.82) is 0 Å². The predicted octanol–water partition coefficient (Wildman–Crippen LogP) is 4.71. The molecule has 1 fully saturated rings. The van der Waals surface area contributed by atoms with E-state index in [1.807, 2.05) is 7.11 Å². The third-order valence-corrected chi connectivity index (χ3v) is 5.55. The van der Waals surface area contributed by atoms with Gasteiger partial charge in [0.2, 0.25) is 0 Å². The Bertz CT molecular complexity index is 380. The highest BCUT2D eigenvalue weighted by atomic mass is 32.1. The van der Waals surface area contributed by atoms with Crippen LogP contribution in [-0.2, 0) is 10.3 Å². The van der Waals surface area contributed by atoms with Gasteiger partial charge in [0.25, 0.3) is 0 Å². The van der Waals surface area contributed by atoms with Crippen LogP contribution >= 0.6 is 11.3 Å². The summed E-state index contributed by atoms with van der Waals surface area (Å²) in [6, 6.07) is 0. The fourth-order valence-corrected chi connectivity index (χ4v) is 3.84. The summed E-state index contributed by atoms with van der Waals surface area (Å²) < 4.78 is 5.89. The SMILES string of the molecule is CCC(C)c1csc(C2(OC)CCC(C)CC2)n1. The molecule has 0 saturated heterocycles. The summed E-state index contributed by atoms with van der Waals surface area (Å²) >= 11 is 1.79. The summed E-state index contributed by atoms with van der Waals surface area (Å²) in [7, 11) is 1.85. The molecule has 18 heavy (non-hydrogen) atoms. The van der Waals surface area contributed by atoms with Crippen LogP contribution in [-0.4, -0.2) is 12.1 Å². The third kappa shape index (κ3) is 2.62. The van der Waals surface area contributed by atoms with Crippen molar-refractivity contribution >= 4 is 11.3 Å². The normalized spacial score (nSPS) is 30.3. The topological polar surface area (TPSA) is 22.1 Å². The van der Waals surface area contributed by atoms with Crippen molar-refractivity contribution in [2.45, 2.75) is 64.4 Å². The van der Waals surface area contributed by atoms with Crippen LogP contribution in [0.2, 0.25) is 0 Å². The Labute approximate surface area is 115 Å². The lowest BCUT2D eigenvalue weighted by Gasteiger charge is -2.36. The average Bonchev–Trinajstić information content (AvgIpc) is 2.89. The van der Waals surface area contributed by atoms with E-state index in [0.717, 1.165) is 25.2 Å². The van der Waals surface area contributed by atoms with Crippen LogP contribution in [0.4, 0.5) is 0 Å². The maximum atomic E-state index is 5.89. The van der Waals surface area contributed by atoms with Gasteiger partial charge in [0.05, 0.1) is 5.69 Å². The Kier molecular flexibility index (Phi) is 4.44. The van der Waals surface area contributed by atoms with Gasteiger partial charge in [-0.1, -0.05) is 20.8 Å². The van der Waals surface area contributed by atoms with E-state index in [1.165, 1.54) is 23.5 Å². The van der Waals surface area contributed by atoms with Crippen LogP contribution in [0.1, 0.15) is 69.5 Å². The molecule has 3 heteroatoms. The zero-order chi connectivity index (χ0) is 13.2. The largest absolute Gasteiger partial charge is 0.371 e. The van der Waals surface area contributed by atoms with Gasteiger partial charge in [0.1, 0.15) is 10.6 Å². The number of aromatic nitrogens is 1. The van der Waals surface area contributed by atoms with E-state index < -0.39 is 0 Å². The van der Waals surface area contributed by atoms with Crippen molar-refractivity contribution < 1.29 is 4.74 Å². The molecule has 0 spiro atoms. The van der Waals surface area contributed by atoms with Crippen LogP contribution in [0, 0.1) is 5.92 Å². The number of nitrogens with zero attached hydrogens (tertiary/aromatic N) is 1. The molecule has 1 aliphatic rings. The molecule has 0 aromatic carbocycles. The lowest BCUT2D eigenvalue weighted by molar-refractivity contribution is -0.0532. The highest BCUT2D eigenvalue weighted by Gasteiger charge is 2.38. The van der Waals surface area contributed by atoms with Crippen molar-refractivity contribution in [1.82, 2.24) is 4.98 Å². The van der Waals surface area contributed by atoms with Gasteiger partial charge in [-0.15, -0.1) is 11.3 Å². The minimum absolute atomic E-state index is 0.0944. The quantitative estimate of drug-likeness (QED) is 0.788. The van der Waals surface area contributed by atoms with Crippen LogP contribution in [0.25, 0.3) is 0 Å². The first kappa shape index (κ1) is 14.0. The van der Waals surface area contributed by atoms with Crippen molar-refractivity contribution in [2.24, 2.45) is 5.92 Å². The van der Waals surface area contributed by atoms with E-state index in [2.05, 4.69) is 26.2 Å². The van der Waals surface area contributed by atoms with Gasteiger partial charge < -0.3 is 4.74 Å². The van der Waals surface area contributed by atoms with E-state index in [9.17, 15) is 0 Å². The molecule has 0 bridgehead atoms. The van der Waals surface area contributed by atoms with E-state index in [-0.39, 0.29) is 5.60 Å². The van der Waals surface area contributed by atoms with Crippen LogP contribution in [0.5, 0.6) is 0 Å². The highest BCUT2D eigenvalue weighted by molar-refractivity contribution is 7.09. The zero-order valence-corrected chi connectivity index (χ0v) is 12.8. The lowest BCUT2D eigenvalue weighted by Crippen LogP contribution is -2.33. The summed E-state index contributed by atoms with van der Waals surface area (Å²) in [6.07, 6.45) is 5.91. The van der Waals surface area contributed by atoms with Crippen molar-refractivity contribution in [3.8, 4) is 0 Å². The number of ether oxygens (including phenoxy) is 1. The van der Waals surface area contributed by atoms with E-state index in [4.69, 9.17) is 9.72 Å². The maximum absolute atomic E-state index is 5.89. The number of hydrogen-bond donors (Lipinski definition) is 0. The van der Waals surface area contributed by atoms with Gasteiger partial charge in [-0.25, -0.2) is 4.98 Å². The molecule has 2 nitrogen and oxygen atoms in total. The first-order valence-corrected chi connectivity index (χ1v) is 8.00. The molecule has 1 aromatic rings. The fraction of sp³-hybridized carbons (Fsp3) is 0.800. The monoisotopic (exact) mass is 267 g/mol. The molecule has 0 N–H and O–H groups in total. The number of methoxy groups -OCH3 is 1. The minimum Gasteiger partial charge on any atom is -0.371 e. The van der Waals surface area contributed by atoms with Crippen molar-refractivity contribution in [3.63, 3.8) is 0 Å². The summed E-state index contributed by atoms with van der Waals surface area (Å²) in [5, 5.41) is 3.43. The van der Waals surface area contributed by atoms with E-state index in [1.54, 1.807) is 11.3 Å². The molecule has 1 aromatic heterocycles. The molecule has 102 valence electrons. The Morgan fingerprint density at radius 2 is 2.17 bits per heavy atom. The summed E-state index contributed by atoms with van der Waals surface area (Å²) in [5.74, 6) is 1.40. The van der Waals surface area contributed by atoms with Gasteiger partial charge in [0, 0.05) is 12.5 Å². The molecule has 0 amide bonds. The average molecular weight is 267 g/mol. The summed E-state index contributed by atoms with van der Waals surface area (Å²) in [4.78, 5) is 4.87. The standard InChI is InChI=1S/C15H25NOS/c1-5-12(3)13-10-18-14(16-13)15(17-4)8-6-11(2)7-9-15/h10-12H,5-9H2,1-4H3. The molecular formula is C15H25NOS. The molecule has 0 aliphatic heterocycles. The third-order valence-electron chi connectivity index (χ3n) is 4.50. The molecule has 0 radical (unpaired) electrons. The van der Waals surface area contributed by atoms with E-state index >= 15 is 0 Å². The van der Waals surface area contributed by atoms with Crippen LogP contribution < -0.4 is 0 Å². The Morgan fingerprint density at radius 3 is 2.72 bits per heavy atom. The molecule has 1 saturated carbocycles. The Morgan fingerprint density at radius 1 is 1.50 bits per heavy atom. The predicted molar refractivity (Wildman–Crippen MR) is 77.1 cm³/mol. The van der Waals surface area contributed by atoms with E-state index in [0.29, 0.717) is 5.92 Å². The van der Waals surface area contributed by atoms with Crippen molar-refractivity contribution in [3.05, 3.63) is 16.1 Å². The fourth-order valence-electron chi connectivity index (χ4n) is 2.66. The molecule has 1 heterocycles. The summed E-state index contributed by atoms with van der Waals surface area (Å²) in [6.45, 7) is 6.81. The second-order valence-electron chi connectivity index (χ2n) is 5.77. The molecule has 1 atom stereocenters. The van der Waals surface area contributed by atoms with Crippen molar-refractivity contribution in [2.75, 3.05) is 7.11 Å². The highest BCUT2D eigenvalue weighted by Crippen LogP contribution is 2.43. The zero-order valence-electron chi connectivity index (χ0n) is 12.0. The first-order valence-electron chi connectivity index (χ1n) is 7.12. The molecule has 1 aliphatic carbocycles. The smallest absolute Gasteiger partial charge is 0.125 e. The summed E-state index contributed by atoms with van der Waals surface area (Å²) in [5.41, 5.74) is 1.15. The second kappa shape index (κ2) is 5.70. The lowest BCUT2D eigenvalue weighted by atomic mass is 9.80. The number of hydrogen-bond acceptors (Lipinski definition) is 3. The van der Waals surface area contributed by atoms with Gasteiger partial charge in [0.15, 0.2) is 0 Å². The minimum atomic E-state index is -0.0944. The maximum Gasteiger partial charge on any atom is 0.125 e. The molecule has 1 unspecified atom stereocenters. The molecule has 2 rings (SSSR count). The van der Waals surface area contributed by atoms with Crippen LogP contribution in [0.15, 0.2) is 5.38 Å².